The molecule has 8 nitrogen and oxygen atoms in total. The van der Waals surface area contributed by atoms with Crippen LogP contribution >= 0.6 is 0 Å². The van der Waals surface area contributed by atoms with Crippen molar-refractivity contribution < 1.29 is 19.2 Å². The summed E-state index contributed by atoms with van der Waals surface area (Å²) in [5, 5.41) is 18.3. The van der Waals surface area contributed by atoms with Gasteiger partial charge in [-0.15, -0.1) is 0 Å². The molecule has 1 aromatic heterocycles. The number of carbonyl (C=O) groups is 2. The molecule has 19 heavy (non-hydrogen) atoms. The van der Waals surface area contributed by atoms with Crippen LogP contribution in [0, 0.1) is 6.92 Å². The Morgan fingerprint density at radius 2 is 2.47 bits per heavy atom. The topological polar surface area (TPSA) is 108 Å². The number of amides is 1. The molecule has 0 aliphatic carbocycles. The van der Waals surface area contributed by atoms with Crippen LogP contribution in [-0.2, 0) is 9.59 Å². The van der Waals surface area contributed by atoms with E-state index in [0.29, 0.717) is 31.2 Å². The number of anilines is 1. The molecule has 0 aromatic carbocycles. The monoisotopic (exact) mass is 268 g/mol. The van der Waals surface area contributed by atoms with E-state index in [2.05, 4.69) is 15.8 Å². The van der Waals surface area contributed by atoms with E-state index in [4.69, 9.17) is 9.63 Å². The first-order valence-corrected chi connectivity index (χ1v) is 5.97. The van der Waals surface area contributed by atoms with Crippen molar-refractivity contribution in [1.82, 2.24) is 15.4 Å². The Morgan fingerprint density at radius 3 is 3.11 bits per heavy atom. The highest BCUT2D eigenvalue weighted by atomic mass is 16.5. The third-order valence-electron chi connectivity index (χ3n) is 2.88. The smallest absolute Gasteiger partial charge is 0.322 e. The Hall–Kier alpha value is -1.93. The SMILES string of the molecule is Cc1cc(NC(=O)CN2CCNCC2C(=O)O)no1. The Balaban J connectivity index is 1.91. The third-order valence-corrected chi connectivity index (χ3v) is 2.88. The van der Waals surface area contributed by atoms with Crippen LogP contribution in [0.15, 0.2) is 10.6 Å². The highest BCUT2D eigenvalue weighted by molar-refractivity contribution is 5.91. The van der Waals surface area contributed by atoms with Gasteiger partial charge in [-0.3, -0.25) is 14.5 Å². The molecule has 1 saturated heterocycles. The number of carbonyl (C=O) groups excluding carboxylic acids is 1. The van der Waals surface area contributed by atoms with Crippen molar-refractivity contribution in [2.75, 3.05) is 31.5 Å². The van der Waals surface area contributed by atoms with E-state index in [9.17, 15) is 9.59 Å². The maximum absolute atomic E-state index is 11.8. The van der Waals surface area contributed by atoms with Gasteiger partial charge in [0, 0.05) is 25.7 Å². The van der Waals surface area contributed by atoms with Gasteiger partial charge in [0.2, 0.25) is 5.91 Å². The number of rotatable bonds is 4. The summed E-state index contributed by atoms with van der Waals surface area (Å²) in [5.74, 6) is -0.302. The van der Waals surface area contributed by atoms with E-state index in [1.807, 2.05) is 0 Å². The normalized spacial score (nSPS) is 20.2. The van der Waals surface area contributed by atoms with Gasteiger partial charge in [-0.1, -0.05) is 5.16 Å². The first-order valence-electron chi connectivity index (χ1n) is 5.97. The molecule has 1 aromatic rings. The highest BCUT2D eigenvalue weighted by Gasteiger charge is 2.29. The number of aliphatic carboxylic acids is 1. The quantitative estimate of drug-likeness (QED) is 0.661. The zero-order chi connectivity index (χ0) is 13.8. The average molecular weight is 268 g/mol. The molecule has 2 heterocycles. The molecule has 104 valence electrons. The maximum Gasteiger partial charge on any atom is 0.322 e. The largest absolute Gasteiger partial charge is 0.480 e. The predicted molar refractivity (Wildman–Crippen MR) is 65.7 cm³/mol. The number of nitrogens with one attached hydrogen (secondary N) is 2. The fourth-order valence-electron chi connectivity index (χ4n) is 1.97. The van der Waals surface area contributed by atoms with Gasteiger partial charge in [-0.05, 0) is 6.92 Å². The van der Waals surface area contributed by atoms with Crippen LogP contribution in [0.1, 0.15) is 5.76 Å². The second-order valence-electron chi connectivity index (χ2n) is 4.40. The van der Waals surface area contributed by atoms with Crippen LogP contribution in [0.2, 0.25) is 0 Å². The molecule has 0 bridgehead atoms. The standard InChI is InChI=1S/C11H16N4O4/c1-7-4-9(14-19-7)13-10(16)6-15-3-2-12-5-8(15)11(17)18/h4,8,12H,2-3,5-6H2,1H3,(H,17,18)(H,13,14,16). The molecule has 8 heteroatoms. The van der Waals surface area contributed by atoms with Gasteiger partial charge >= 0.3 is 5.97 Å². The minimum atomic E-state index is -0.933. The zero-order valence-electron chi connectivity index (χ0n) is 10.5. The molecule has 0 radical (unpaired) electrons. The van der Waals surface area contributed by atoms with E-state index < -0.39 is 12.0 Å². The molecule has 1 aliphatic heterocycles. The second-order valence-corrected chi connectivity index (χ2v) is 4.40. The second kappa shape index (κ2) is 5.81. The number of hydrogen-bond donors (Lipinski definition) is 3. The molecular weight excluding hydrogens is 252 g/mol. The summed E-state index contributed by atoms with van der Waals surface area (Å²) in [6, 6.07) is 0.920. The predicted octanol–water partition coefficient (Wildman–Crippen LogP) is -0.720. The lowest BCUT2D eigenvalue weighted by molar-refractivity contribution is -0.144. The van der Waals surface area contributed by atoms with Gasteiger partial charge in [0.25, 0.3) is 0 Å². The van der Waals surface area contributed by atoms with E-state index in [0.717, 1.165) is 0 Å². The van der Waals surface area contributed by atoms with Crippen LogP contribution in [-0.4, -0.2) is 59.3 Å². The summed E-state index contributed by atoms with van der Waals surface area (Å²) < 4.78 is 4.83. The summed E-state index contributed by atoms with van der Waals surface area (Å²) >= 11 is 0. The molecule has 0 spiro atoms. The zero-order valence-corrected chi connectivity index (χ0v) is 10.5. The van der Waals surface area contributed by atoms with Crippen molar-refractivity contribution in [2.45, 2.75) is 13.0 Å². The molecule has 0 saturated carbocycles. The number of piperazine rings is 1. The number of nitrogens with zero attached hydrogens (tertiary/aromatic N) is 2. The van der Waals surface area contributed by atoms with Crippen molar-refractivity contribution in [2.24, 2.45) is 0 Å². The number of carboxylic acids is 1. The van der Waals surface area contributed by atoms with E-state index in [1.54, 1.807) is 17.9 Å². The summed E-state index contributed by atoms with van der Waals surface area (Å²) in [7, 11) is 0. The van der Waals surface area contributed by atoms with Crippen molar-refractivity contribution in [3.63, 3.8) is 0 Å². The van der Waals surface area contributed by atoms with Crippen LogP contribution in [0.3, 0.4) is 0 Å². The molecule has 1 aliphatic rings. The number of aromatic nitrogens is 1. The van der Waals surface area contributed by atoms with Gasteiger partial charge in [0.05, 0.1) is 6.54 Å². The molecular formula is C11H16N4O4. The van der Waals surface area contributed by atoms with Crippen molar-refractivity contribution in [1.29, 1.82) is 0 Å². The summed E-state index contributed by atoms with van der Waals surface area (Å²) in [4.78, 5) is 24.5. The molecule has 1 unspecified atom stereocenters. The van der Waals surface area contributed by atoms with Crippen LogP contribution in [0.25, 0.3) is 0 Å². The lowest BCUT2D eigenvalue weighted by Gasteiger charge is -2.32. The van der Waals surface area contributed by atoms with Crippen LogP contribution < -0.4 is 10.6 Å². The summed E-state index contributed by atoms with van der Waals surface area (Å²) in [5.41, 5.74) is 0. The van der Waals surface area contributed by atoms with Crippen LogP contribution in [0.4, 0.5) is 5.82 Å². The first kappa shape index (κ1) is 13.5. The Labute approximate surface area is 109 Å². The fourth-order valence-corrected chi connectivity index (χ4v) is 1.97. The van der Waals surface area contributed by atoms with Gasteiger partial charge in [0.15, 0.2) is 5.82 Å². The molecule has 2 rings (SSSR count). The van der Waals surface area contributed by atoms with Crippen LogP contribution in [0.5, 0.6) is 0 Å². The maximum atomic E-state index is 11.8. The van der Waals surface area contributed by atoms with Crippen molar-refractivity contribution >= 4 is 17.7 Å². The molecule has 1 amide bonds. The minimum absolute atomic E-state index is 0.0184. The molecule has 3 N–H and O–H groups in total. The Kier molecular flexibility index (Phi) is 4.13. The van der Waals surface area contributed by atoms with Gasteiger partial charge in [-0.2, -0.15) is 0 Å². The van der Waals surface area contributed by atoms with Crippen molar-refractivity contribution in [3.8, 4) is 0 Å². The van der Waals surface area contributed by atoms with Gasteiger partial charge in [-0.25, -0.2) is 0 Å². The third kappa shape index (κ3) is 3.52. The van der Waals surface area contributed by atoms with Gasteiger partial charge < -0.3 is 20.3 Å². The summed E-state index contributed by atoms with van der Waals surface area (Å²) in [6.45, 7) is 3.26. The molecule has 1 fully saturated rings. The van der Waals surface area contributed by atoms with Gasteiger partial charge in [0.1, 0.15) is 11.8 Å². The number of aryl methyl sites for hydroxylation is 1. The van der Waals surface area contributed by atoms with E-state index in [1.165, 1.54) is 0 Å². The highest BCUT2D eigenvalue weighted by Crippen LogP contribution is 2.08. The summed E-state index contributed by atoms with van der Waals surface area (Å²) in [6.07, 6.45) is 0. The Bertz CT molecular complexity index is 473. The average Bonchev–Trinajstić information content (AvgIpc) is 2.75. The Morgan fingerprint density at radius 1 is 1.68 bits per heavy atom. The molecule has 1 atom stereocenters. The lowest BCUT2D eigenvalue weighted by atomic mass is 10.2. The fraction of sp³-hybridized carbons (Fsp3) is 0.545. The van der Waals surface area contributed by atoms with E-state index >= 15 is 0 Å². The number of hydrogen-bond acceptors (Lipinski definition) is 6. The van der Waals surface area contributed by atoms with E-state index in [-0.39, 0.29) is 12.5 Å². The lowest BCUT2D eigenvalue weighted by Crippen LogP contribution is -2.56. The minimum Gasteiger partial charge on any atom is -0.480 e. The number of carboxylic acid groups (broad SMARTS) is 1. The first-order chi connectivity index (χ1) is 9.06. The van der Waals surface area contributed by atoms with Crippen molar-refractivity contribution in [3.05, 3.63) is 11.8 Å².